The zero-order valence-electron chi connectivity index (χ0n) is 11.2. The van der Waals surface area contributed by atoms with Crippen LogP contribution in [0, 0.1) is 0 Å². The Kier molecular flexibility index (Phi) is 2.57. The third-order valence-electron chi connectivity index (χ3n) is 3.68. The first kappa shape index (κ1) is 11.9. The lowest BCUT2D eigenvalue weighted by molar-refractivity contribution is 1.13. The third-order valence-corrected chi connectivity index (χ3v) is 3.68. The number of nitrogens with one attached hydrogen (secondary N) is 1. The van der Waals surface area contributed by atoms with Gasteiger partial charge in [0.2, 0.25) is 0 Å². The Bertz CT molecular complexity index is 1000. The summed E-state index contributed by atoms with van der Waals surface area (Å²) in [5.41, 5.74) is 2.19. The van der Waals surface area contributed by atoms with Gasteiger partial charge in [-0.1, -0.05) is 66.7 Å². The van der Waals surface area contributed by atoms with E-state index in [9.17, 15) is 4.79 Å². The van der Waals surface area contributed by atoms with Gasteiger partial charge in [0, 0.05) is 16.3 Å². The van der Waals surface area contributed by atoms with Crippen LogP contribution in [0.5, 0.6) is 0 Å². The van der Waals surface area contributed by atoms with Gasteiger partial charge in [-0.05, 0) is 5.39 Å². The van der Waals surface area contributed by atoms with Gasteiger partial charge in [-0.25, -0.2) is 4.79 Å². The van der Waals surface area contributed by atoms with E-state index in [4.69, 9.17) is 0 Å². The molecule has 0 amide bonds. The second-order valence-corrected chi connectivity index (χ2v) is 4.97. The summed E-state index contributed by atoms with van der Waals surface area (Å²) in [6, 6.07) is 21.9. The second-order valence-electron chi connectivity index (χ2n) is 4.97. The minimum Gasteiger partial charge on any atom is -0.305 e. The number of hydrogen-bond acceptors (Lipinski definition) is 2. The Labute approximate surface area is 120 Å². The molecular formula is C18H12N2O. The maximum atomic E-state index is 12.0. The topological polar surface area (TPSA) is 45.8 Å². The van der Waals surface area contributed by atoms with Gasteiger partial charge in [0.1, 0.15) is 0 Å². The van der Waals surface area contributed by atoms with E-state index in [1.807, 2.05) is 60.7 Å². The highest BCUT2D eigenvalue weighted by molar-refractivity contribution is 6.08. The van der Waals surface area contributed by atoms with E-state index < -0.39 is 0 Å². The maximum absolute atomic E-state index is 12.0. The van der Waals surface area contributed by atoms with Crippen molar-refractivity contribution in [3.63, 3.8) is 0 Å². The quantitative estimate of drug-likeness (QED) is 0.536. The molecule has 4 aromatic rings. The predicted molar refractivity (Wildman–Crippen MR) is 85.3 cm³/mol. The fraction of sp³-hybridized carbons (Fsp3) is 0. The lowest BCUT2D eigenvalue weighted by Gasteiger charge is -2.08. The van der Waals surface area contributed by atoms with Crippen LogP contribution in [0.1, 0.15) is 0 Å². The van der Waals surface area contributed by atoms with Crippen LogP contribution in [-0.4, -0.2) is 9.97 Å². The van der Waals surface area contributed by atoms with E-state index in [2.05, 4.69) is 16.0 Å². The van der Waals surface area contributed by atoms with E-state index in [-0.39, 0.29) is 5.69 Å². The number of H-pyrrole nitrogens is 1. The van der Waals surface area contributed by atoms with Crippen LogP contribution in [-0.2, 0) is 0 Å². The van der Waals surface area contributed by atoms with Crippen LogP contribution < -0.4 is 5.69 Å². The van der Waals surface area contributed by atoms with Crippen molar-refractivity contribution in [1.82, 2.24) is 9.97 Å². The largest absolute Gasteiger partial charge is 0.345 e. The van der Waals surface area contributed by atoms with E-state index in [1.165, 1.54) is 0 Å². The van der Waals surface area contributed by atoms with Crippen molar-refractivity contribution in [3.05, 3.63) is 77.2 Å². The predicted octanol–water partition coefficient (Wildman–Crippen LogP) is 3.74. The Morgan fingerprint density at radius 3 is 2.38 bits per heavy atom. The van der Waals surface area contributed by atoms with Gasteiger partial charge in [-0.15, -0.1) is 0 Å². The molecule has 1 heterocycles. The summed E-state index contributed by atoms with van der Waals surface area (Å²) in [5.74, 6) is 0. The number of aromatic amines is 1. The molecule has 0 atom stereocenters. The average molecular weight is 272 g/mol. The molecule has 0 fully saturated rings. The van der Waals surface area contributed by atoms with Gasteiger partial charge < -0.3 is 4.98 Å². The summed E-state index contributed by atoms with van der Waals surface area (Å²) in [6.45, 7) is 0. The normalized spacial score (nSPS) is 11.0. The monoisotopic (exact) mass is 272 g/mol. The van der Waals surface area contributed by atoms with Crippen LogP contribution in [0.3, 0.4) is 0 Å². The van der Waals surface area contributed by atoms with Crippen molar-refractivity contribution >= 4 is 21.7 Å². The molecule has 4 rings (SSSR count). The number of aromatic nitrogens is 2. The van der Waals surface area contributed by atoms with E-state index in [0.29, 0.717) is 0 Å². The molecule has 3 nitrogen and oxygen atoms in total. The molecule has 3 heteroatoms. The molecule has 0 saturated carbocycles. The molecule has 0 spiro atoms. The summed E-state index contributed by atoms with van der Waals surface area (Å²) in [5, 5.41) is 3.09. The number of benzene rings is 3. The third kappa shape index (κ3) is 1.91. The molecule has 0 saturated heterocycles. The van der Waals surface area contributed by atoms with Gasteiger partial charge in [0.25, 0.3) is 0 Å². The van der Waals surface area contributed by atoms with Gasteiger partial charge in [-0.2, -0.15) is 4.98 Å². The van der Waals surface area contributed by atoms with Crippen LogP contribution in [0.25, 0.3) is 32.9 Å². The first-order valence-corrected chi connectivity index (χ1v) is 6.80. The molecule has 3 aromatic carbocycles. The maximum Gasteiger partial charge on any atom is 0.345 e. The molecular weight excluding hydrogens is 260 g/mol. The smallest absolute Gasteiger partial charge is 0.305 e. The van der Waals surface area contributed by atoms with Crippen LogP contribution in [0.4, 0.5) is 0 Å². The van der Waals surface area contributed by atoms with Crippen LogP contribution >= 0.6 is 0 Å². The summed E-state index contributed by atoms with van der Waals surface area (Å²) in [4.78, 5) is 19.0. The van der Waals surface area contributed by atoms with E-state index in [0.717, 1.165) is 32.9 Å². The molecule has 0 aliphatic carbocycles. The fourth-order valence-electron chi connectivity index (χ4n) is 2.72. The summed E-state index contributed by atoms with van der Waals surface area (Å²) in [6.07, 6.45) is 0. The van der Waals surface area contributed by atoms with E-state index >= 15 is 0 Å². The van der Waals surface area contributed by atoms with Gasteiger partial charge >= 0.3 is 5.69 Å². The fourth-order valence-corrected chi connectivity index (χ4v) is 2.72. The van der Waals surface area contributed by atoms with Crippen molar-refractivity contribution in [1.29, 1.82) is 0 Å². The molecule has 0 aliphatic heterocycles. The summed E-state index contributed by atoms with van der Waals surface area (Å²) in [7, 11) is 0. The second kappa shape index (κ2) is 4.56. The van der Waals surface area contributed by atoms with Gasteiger partial charge in [0.15, 0.2) is 0 Å². The Morgan fingerprint density at radius 1 is 0.762 bits per heavy atom. The molecule has 0 aliphatic rings. The average Bonchev–Trinajstić information content (AvgIpc) is 2.55. The number of nitrogens with zero attached hydrogens (tertiary/aromatic N) is 1. The number of hydrogen-bond donors (Lipinski definition) is 1. The molecule has 21 heavy (non-hydrogen) atoms. The Hall–Kier alpha value is -2.94. The summed E-state index contributed by atoms with van der Waals surface area (Å²) >= 11 is 0. The lowest BCUT2D eigenvalue weighted by Crippen LogP contribution is -2.11. The highest BCUT2D eigenvalue weighted by Gasteiger charge is 2.09. The van der Waals surface area contributed by atoms with Crippen molar-refractivity contribution < 1.29 is 0 Å². The van der Waals surface area contributed by atoms with Crippen molar-refractivity contribution in [2.24, 2.45) is 0 Å². The minimum atomic E-state index is -0.322. The lowest BCUT2D eigenvalue weighted by atomic mass is 10.0. The number of rotatable bonds is 1. The van der Waals surface area contributed by atoms with Crippen LogP contribution in [0.15, 0.2) is 71.5 Å². The first-order valence-electron chi connectivity index (χ1n) is 6.80. The molecule has 0 unspecified atom stereocenters. The Balaban J connectivity index is 2.18. The van der Waals surface area contributed by atoms with Crippen molar-refractivity contribution in [2.45, 2.75) is 0 Å². The Morgan fingerprint density at radius 2 is 1.52 bits per heavy atom. The van der Waals surface area contributed by atoms with E-state index in [1.54, 1.807) is 0 Å². The molecule has 1 aromatic heterocycles. The first-order chi connectivity index (χ1) is 10.3. The molecule has 0 radical (unpaired) electrons. The molecule has 0 bridgehead atoms. The highest BCUT2D eigenvalue weighted by Crippen LogP contribution is 2.29. The van der Waals surface area contributed by atoms with Crippen LogP contribution in [0.2, 0.25) is 0 Å². The number of fused-ring (bicyclic) bond motifs is 3. The zero-order chi connectivity index (χ0) is 14.2. The minimum absolute atomic E-state index is 0.322. The van der Waals surface area contributed by atoms with Gasteiger partial charge in [0.05, 0.1) is 11.2 Å². The molecule has 1 N–H and O–H groups in total. The van der Waals surface area contributed by atoms with Crippen molar-refractivity contribution in [2.75, 3.05) is 0 Å². The zero-order valence-corrected chi connectivity index (χ0v) is 11.2. The van der Waals surface area contributed by atoms with Gasteiger partial charge in [-0.3, -0.25) is 0 Å². The van der Waals surface area contributed by atoms with Crippen molar-refractivity contribution in [3.8, 4) is 11.3 Å². The highest BCUT2D eigenvalue weighted by atomic mass is 16.1. The summed E-state index contributed by atoms with van der Waals surface area (Å²) < 4.78 is 0. The SMILES string of the molecule is O=c1nc(-c2ccccc2)c2ccc3ccccc3c2[nH]1. The standard InChI is InChI=1S/C18H12N2O/c21-18-19-16(13-7-2-1-3-8-13)15-11-10-12-6-4-5-9-14(12)17(15)20-18/h1-11H,(H,19,20,21). The molecule has 100 valence electrons.